The summed E-state index contributed by atoms with van der Waals surface area (Å²) in [5, 5.41) is 9.48. The Morgan fingerprint density at radius 2 is 2.12 bits per heavy atom. The number of hydrogen-bond acceptors (Lipinski definition) is 2. The van der Waals surface area contributed by atoms with E-state index in [1.165, 1.54) is 5.56 Å². The molecule has 0 radical (unpaired) electrons. The molecule has 1 aromatic carbocycles. The van der Waals surface area contributed by atoms with Crippen molar-refractivity contribution in [3.05, 3.63) is 35.9 Å². The summed E-state index contributed by atoms with van der Waals surface area (Å²) in [6.07, 6.45) is 1.09. The highest BCUT2D eigenvalue weighted by Gasteiger charge is 2.44. The van der Waals surface area contributed by atoms with Gasteiger partial charge in [-0.1, -0.05) is 45.5 Å². The highest BCUT2D eigenvalue weighted by atomic mass is 32.0. The first kappa shape index (κ1) is 13.0. The summed E-state index contributed by atoms with van der Waals surface area (Å²) in [6, 6.07) is 13.1. The lowest BCUT2D eigenvalue weighted by Gasteiger charge is -2.30. The van der Waals surface area contributed by atoms with Gasteiger partial charge < -0.3 is 0 Å². The Kier molecular flexibility index (Phi) is 4.16. The van der Waals surface area contributed by atoms with E-state index in [-0.39, 0.29) is 11.5 Å². The summed E-state index contributed by atoms with van der Waals surface area (Å²) in [5.41, 5.74) is 1.31. The quantitative estimate of drug-likeness (QED) is 0.783. The molecule has 0 amide bonds. The monoisotopic (exact) mass is 264 g/mol. The van der Waals surface area contributed by atoms with Crippen molar-refractivity contribution in [1.29, 1.82) is 5.26 Å². The molecule has 4 heteroatoms. The topological polar surface area (TPSA) is 27.0 Å². The van der Waals surface area contributed by atoms with Crippen LogP contribution in [0.3, 0.4) is 0 Å². The average molecular weight is 264 g/mol. The van der Waals surface area contributed by atoms with Crippen LogP contribution in [0.25, 0.3) is 0 Å². The van der Waals surface area contributed by atoms with E-state index in [0.29, 0.717) is 0 Å². The average Bonchev–Trinajstić information content (AvgIpc) is 2.69. The van der Waals surface area contributed by atoms with Crippen LogP contribution in [-0.2, 0) is 5.41 Å². The molecule has 0 aromatic heterocycles. The number of rotatable bonds is 3. The molecule has 2 unspecified atom stereocenters. The minimum absolute atomic E-state index is 0.00264. The van der Waals surface area contributed by atoms with Crippen molar-refractivity contribution in [3.8, 4) is 6.07 Å². The summed E-state index contributed by atoms with van der Waals surface area (Å²) < 4.78 is 2.37. The zero-order valence-corrected chi connectivity index (χ0v) is 12.3. The Balaban J connectivity index is 2.30. The molecule has 1 saturated heterocycles. The summed E-state index contributed by atoms with van der Waals surface area (Å²) in [4.78, 5) is 0. The Hall–Kier alpha value is -0.470. The van der Waals surface area contributed by atoms with E-state index in [4.69, 9.17) is 0 Å². The normalized spacial score (nSPS) is 30.5. The number of nitrogens with zero attached hydrogens (tertiary/aromatic N) is 2. The van der Waals surface area contributed by atoms with E-state index in [9.17, 15) is 5.26 Å². The molecule has 0 bridgehead atoms. The third-order valence-electron chi connectivity index (χ3n) is 3.60. The van der Waals surface area contributed by atoms with Crippen LogP contribution in [0.5, 0.6) is 0 Å². The molecule has 0 saturated carbocycles. The van der Waals surface area contributed by atoms with Crippen molar-refractivity contribution >= 4 is 16.7 Å². The van der Waals surface area contributed by atoms with Gasteiger partial charge in [-0.15, -0.1) is 0 Å². The lowest BCUT2D eigenvalue weighted by atomic mass is 9.76. The van der Waals surface area contributed by atoms with Crippen LogP contribution < -0.4 is 0 Å². The smallest absolute Gasteiger partial charge is 0.111 e. The Morgan fingerprint density at radius 1 is 1.41 bits per heavy atom. The third kappa shape index (κ3) is 2.38. The molecule has 1 heterocycles. The van der Waals surface area contributed by atoms with Crippen molar-refractivity contribution in [1.82, 2.24) is 4.67 Å². The molecule has 17 heavy (non-hydrogen) atoms. The van der Waals surface area contributed by atoms with Crippen LogP contribution in [0.15, 0.2) is 30.3 Å². The maximum absolute atomic E-state index is 9.48. The maximum Gasteiger partial charge on any atom is 0.111 e. The van der Waals surface area contributed by atoms with Gasteiger partial charge in [-0.05, 0) is 27.1 Å². The zero-order valence-electron chi connectivity index (χ0n) is 10.3. The fourth-order valence-corrected chi connectivity index (χ4v) is 5.13. The van der Waals surface area contributed by atoms with Crippen LogP contribution in [0, 0.1) is 11.3 Å². The minimum Gasteiger partial charge on any atom is -0.264 e. The van der Waals surface area contributed by atoms with Crippen molar-refractivity contribution in [3.63, 3.8) is 0 Å². The van der Waals surface area contributed by atoms with Crippen LogP contribution in [0.1, 0.15) is 18.9 Å². The van der Waals surface area contributed by atoms with Crippen molar-refractivity contribution in [2.75, 3.05) is 13.2 Å². The van der Waals surface area contributed by atoms with Crippen molar-refractivity contribution in [2.24, 2.45) is 0 Å². The van der Waals surface area contributed by atoms with Crippen LogP contribution in [-0.4, -0.2) is 23.9 Å². The largest absolute Gasteiger partial charge is 0.264 e. The lowest BCUT2D eigenvalue weighted by molar-refractivity contribution is 0.401. The molecule has 1 aliphatic heterocycles. The molecule has 2 rings (SSSR count). The van der Waals surface area contributed by atoms with Gasteiger partial charge in [0.1, 0.15) is 6.04 Å². The SMILES string of the molecule is CPPN1CC[C@@](C)(c2ccccc2)[C@H]1C#N. The second-order valence-corrected chi connectivity index (χ2v) is 8.09. The maximum atomic E-state index is 9.48. The molecule has 1 fully saturated rings. The van der Waals surface area contributed by atoms with Crippen LogP contribution >= 0.6 is 16.7 Å². The van der Waals surface area contributed by atoms with Gasteiger partial charge in [0.05, 0.1) is 6.07 Å². The third-order valence-corrected chi connectivity index (χ3v) is 6.12. The molecule has 0 spiro atoms. The summed E-state index contributed by atoms with van der Waals surface area (Å²) in [6.45, 7) is 5.51. The van der Waals surface area contributed by atoms with Gasteiger partial charge in [0.15, 0.2) is 0 Å². The van der Waals surface area contributed by atoms with Gasteiger partial charge in [0.2, 0.25) is 0 Å². The second kappa shape index (κ2) is 5.45. The predicted octanol–water partition coefficient (Wildman–Crippen LogP) is 3.36. The van der Waals surface area contributed by atoms with E-state index in [1.54, 1.807) is 0 Å². The molecular weight excluding hydrogens is 246 g/mol. The molecular formula is C13H18N2P2. The van der Waals surface area contributed by atoms with Crippen molar-refractivity contribution in [2.45, 2.75) is 24.8 Å². The van der Waals surface area contributed by atoms with Gasteiger partial charge >= 0.3 is 0 Å². The molecule has 2 nitrogen and oxygen atoms in total. The zero-order chi connectivity index (χ0) is 12.3. The Morgan fingerprint density at radius 3 is 2.71 bits per heavy atom. The van der Waals surface area contributed by atoms with Crippen LogP contribution in [0.4, 0.5) is 0 Å². The molecule has 1 aliphatic rings. The van der Waals surface area contributed by atoms with Gasteiger partial charge in [0, 0.05) is 12.0 Å². The fraction of sp³-hybridized carbons (Fsp3) is 0.462. The van der Waals surface area contributed by atoms with E-state index < -0.39 is 0 Å². The highest BCUT2D eigenvalue weighted by molar-refractivity contribution is 8.10. The fourth-order valence-electron chi connectivity index (χ4n) is 2.56. The first-order valence-corrected chi connectivity index (χ1v) is 9.31. The molecule has 1 aromatic rings. The summed E-state index contributed by atoms with van der Waals surface area (Å²) in [5.74, 6) is 0. The molecule has 0 aliphatic carbocycles. The van der Waals surface area contributed by atoms with Gasteiger partial charge in [-0.3, -0.25) is 4.67 Å². The summed E-state index contributed by atoms with van der Waals surface area (Å²) in [7, 11) is 1.72. The number of hydrogen-bond donors (Lipinski definition) is 0. The summed E-state index contributed by atoms with van der Waals surface area (Å²) >= 11 is 0. The molecule has 4 atom stereocenters. The van der Waals surface area contributed by atoms with Crippen molar-refractivity contribution < 1.29 is 0 Å². The number of benzene rings is 1. The van der Waals surface area contributed by atoms with E-state index in [2.05, 4.69) is 48.6 Å². The Bertz CT molecular complexity index is 415. The van der Waals surface area contributed by atoms with Gasteiger partial charge in [-0.25, -0.2) is 0 Å². The second-order valence-electron chi connectivity index (χ2n) is 4.62. The van der Waals surface area contributed by atoms with E-state index >= 15 is 0 Å². The van der Waals surface area contributed by atoms with Crippen LogP contribution in [0.2, 0.25) is 0 Å². The minimum atomic E-state index is 0.00264. The highest BCUT2D eigenvalue weighted by Crippen LogP contribution is 2.49. The molecule has 0 N–H and O–H groups in total. The number of nitriles is 1. The molecule has 90 valence electrons. The Labute approximate surface area is 107 Å². The first-order chi connectivity index (χ1) is 8.22. The van der Waals surface area contributed by atoms with Gasteiger partial charge in [-0.2, -0.15) is 5.26 Å². The van der Waals surface area contributed by atoms with E-state index in [1.807, 2.05) is 6.07 Å². The first-order valence-electron chi connectivity index (χ1n) is 5.86. The van der Waals surface area contributed by atoms with E-state index in [0.717, 1.165) is 29.7 Å². The standard InChI is InChI=1S/C13H18N2P2/c1-13(11-6-4-3-5-7-11)8-9-15(17-16-2)12(13)10-14/h3-7,12,16-17H,8-9H2,1-2H3/t12-,13+/m1/s1. The lowest BCUT2D eigenvalue weighted by Crippen LogP contribution is -2.35. The predicted molar refractivity (Wildman–Crippen MR) is 77.1 cm³/mol. The van der Waals surface area contributed by atoms with Gasteiger partial charge in [0.25, 0.3) is 0 Å².